The summed E-state index contributed by atoms with van der Waals surface area (Å²) in [6.45, 7) is 5.13. The highest BCUT2D eigenvalue weighted by atomic mass is 32.2. The molecule has 0 saturated heterocycles. The summed E-state index contributed by atoms with van der Waals surface area (Å²) in [6.07, 6.45) is -0.812. The third-order valence-corrected chi connectivity index (χ3v) is 4.75. The van der Waals surface area contributed by atoms with Crippen LogP contribution in [0.1, 0.15) is 33.6 Å². The molecule has 1 atom stereocenters. The molecule has 0 spiro atoms. The zero-order valence-corrected chi connectivity index (χ0v) is 9.90. The Bertz CT molecular complexity index is 256. The number of hydrogen-bond donors (Lipinski definition) is 1. The van der Waals surface area contributed by atoms with Gasteiger partial charge in [-0.05, 0) is 40.2 Å². The van der Waals surface area contributed by atoms with Gasteiger partial charge >= 0.3 is 0 Å². The van der Waals surface area contributed by atoms with Gasteiger partial charge in [0.05, 0.1) is 10.5 Å². The van der Waals surface area contributed by atoms with Crippen molar-refractivity contribution in [2.24, 2.45) is 5.73 Å². The fourth-order valence-electron chi connectivity index (χ4n) is 0.914. The van der Waals surface area contributed by atoms with Gasteiger partial charge in [-0.3, -0.25) is 0 Å². The summed E-state index contributed by atoms with van der Waals surface area (Å²) in [5.41, 5.74) is 5.17. The van der Waals surface area contributed by atoms with E-state index < -0.39 is 20.8 Å². The summed E-state index contributed by atoms with van der Waals surface area (Å²) in [5.74, 6) is -0.0995. The zero-order chi connectivity index (χ0) is 11.4. The van der Waals surface area contributed by atoms with Crippen molar-refractivity contribution in [2.75, 3.05) is 12.3 Å². The van der Waals surface area contributed by atoms with Crippen molar-refractivity contribution in [1.29, 1.82) is 0 Å². The average Bonchev–Trinajstić information content (AvgIpc) is 1.99. The Balaban J connectivity index is 4.14. The molecule has 3 nitrogen and oxygen atoms in total. The maximum atomic E-state index is 13.0. The average molecular weight is 225 g/mol. The third kappa shape index (κ3) is 4.37. The van der Waals surface area contributed by atoms with Gasteiger partial charge < -0.3 is 5.73 Å². The van der Waals surface area contributed by atoms with E-state index in [4.69, 9.17) is 5.73 Å². The van der Waals surface area contributed by atoms with Crippen LogP contribution in [0.3, 0.4) is 0 Å². The lowest BCUT2D eigenvalue weighted by atomic mass is 10.2. The molecule has 1 unspecified atom stereocenters. The van der Waals surface area contributed by atoms with Crippen LogP contribution >= 0.6 is 0 Å². The minimum Gasteiger partial charge on any atom is -0.330 e. The fourth-order valence-corrected chi connectivity index (χ4v) is 2.09. The maximum Gasteiger partial charge on any atom is 0.155 e. The molecule has 0 aromatic heterocycles. The predicted molar refractivity (Wildman–Crippen MR) is 56.7 cm³/mol. The summed E-state index contributed by atoms with van der Waals surface area (Å²) < 4.78 is 35.3. The first-order valence-electron chi connectivity index (χ1n) is 4.77. The van der Waals surface area contributed by atoms with Crippen LogP contribution in [0.5, 0.6) is 0 Å². The molecule has 0 saturated carbocycles. The molecule has 0 aliphatic carbocycles. The van der Waals surface area contributed by atoms with Crippen LogP contribution in [0.15, 0.2) is 0 Å². The standard InChI is InChI=1S/C9H20FNO2S/c1-9(2,3)14(12,13)7-5-8(10)4-6-11/h8H,4-7,11H2,1-3H3. The second-order valence-corrected chi connectivity index (χ2v) is 7.26. The summed E-state index contributed by atoms with van der Waals surface area (Å²) in [7, 11) is -3.19. The molecular formula is C9H20FNO2S. The highest BCUT2D eigenvalue weighted by Crippen LogP contribution is 2.18. The third-order valence-electron chi connectivity index (χ3n) is 2.11. The highest BCUT2D eigenvalue weighted by molar-refractivity contribution is 7.92. The molecule has 0 aromatic rings. The van der Waals surface area contributed by atoms with E-state index in [0.717, 1.165) is 0 Å². The van der Waals surface area contributed by atoms with Crippen LogP contribution < -0.4 is 5.73 Å². The summed E-state index contributed by atoms with van der Waals surface area (Å²) in [4.78, 5) is 0. The Labute approximate surface area is 85.8 Å². The van der Waals surface area contributed by atoms with Crippen LogP contribution in [-0.4, -0.2) is 31.6 Å². The number of sulfone groups is 1. The Kier molecular flexibility index (Phi) is 5.01. The Morgan fingerprint density at radius 2 is 1.79 bits per heavy atom. The number of hydrogen-bond acceptors (Lipinski definition) is 3. The van der Waals surface area contributed by atoms with E-state index in [1.54, 1.807) is 20.8 Å². The van der Waals surface area contributed by atoms with Gasteiger partial charge in [-0.15, -0.1) is 0 Å². The Hall–Kier alpha value is -0.160. The van der Waals surface area contributed by atoms with E-state index in [2.05, 4.69) is 0 Å². The number of rotatable bonds is 5. The Morgan fingerprint density at radius 3 is 2.14 bits per heavy atom. The van der Waals surface area contributed by atoms with Crippen molar-refractivity contribution in [2.45, 2.75) is 44.5 Å². The summed E-state index contributed by atoms with van der Waals surface area (Å²) >= 11 is 0. The first kappa shape index (κ1) is 13.8. The molecule has 0 radical (unpaired) electrons. The van der Waals surface area contributed by atoms with Crippen molar-refractivity contribution in [3.8, 4) is 0 Å². The van der Waals surface area contributed by atoms with Crippen molar-refractivity contribution >= 4 is 9.84 Å². The second-order valence-electron chi connectivity index (χ2n) is 4.39. The van der Waals surface area contributed by atoms with Gasteiger partial charge in [0.1, 0.15) is 6.17 Å². The van der Waals surface area contributed by atoms with Crippen LogP contribution in [0, 0.1) is 0 Å². The van der Waals surface area contributed by atoms with Gasteiger partial charge in [0.15, 0.2) is 9.84 Å². The molecule has 0 aliphatic rings. The molecule has 5 heteroatoms. The van der Waals surface area contributed by atoms with E-state index in [1.165, 1.54) is 0 Å². The van der Waals surface area contributed by atoms with E-state index in [9.17, 15) is 12.8 Å². The minimum atomic E-state index is -3.19. The van der Waals surface area contributed by atoms with Crippen LogP contribution in [-0.2, 0) is 9.84 Å². The normalized spacial score (nSPS) is 15.5. The summed E-state index contributed by atoms with van der Waals surface area (Å²) in [6, 6.07) is 0. The molecule has 86 valence electrons. The van der Waals surface area contributed by atoms with Crippen molar-refractivity contribution in [3.05, 3.63) is 0 Å². The minimum absolute atomic E-state index is 0.0524. The number of halogens is 1. The topological polar surface area (TPSA) is 60.2 Å². The smallest absolute Gasteiger partial charge is 0.155 e. The van der Waals surface area contributed by atoms with E-state index in [1.807, 2.05) is 0 Å². The van der Waals surface area contributed by atoms with Gasteiger partial charge in [-0.1, -0.05) is 0 Å². The lowest BCUT2D eigenvalue weighted by molar-refractivity contribution is 0.309. The predicted octanol–water partition coefficient (Wildman–Crippen LogP) is 1.28. The van der Waals surface area contributed by atoms with Crippen molar-refractivity contribution in [3.63, 3.8) is 0 Å². The van der Waals surface area contributed by atoms with Crippen molar-refractivity contribution in [1.82, 2.24) is 0 Å². The van der Waals surface area contributed by atoms with Gasteiger partial charge in [0.2, 0.25) is 0 Å². The van der Waals surface area contributed by atoms with Crippen LogP contribution in [0.2, 0.25) is 0 Å². The number of alkyl halides is 1. The molecular weight excluding hydrogens is 205 g/mol. The molecule has 0 aromatic carbocycles. The SMILES string of the molecule is CC(C)(C)S(=O)(=O)CCC(F)CCN. The fraction of sp³-hybridized carbons (Fsp3) is 1.00. The lowest BCUT2D eigenvalue weighted by Gasteiger charge is -2.19. The Morgan fingerprint density at radius 1 is 1.29 bits per heavy atom. The molecule has 0 rings (SSSR count). The van der Waals surface area contributed by atoms with E-state index in [-0.39, 0.29) is 25.1 Å². The lowest BCUT2D eigenvalue weighted by Crippen LogP contribution is -2.31. The molecule has 0 heterocycles. The first-order chi connectivity index (χ1) is 6.20. The maximum absolute atomic E-state index is 13.0. The largest absolute Gasteiger partial charge is 0.330 e. The monoisotopic (exact) mass is 225 g/mol. The van der Waals surface area contributed by atoms with Gasteiger partial charge in [0.25, 0.3) is 0 Å². The molecule has 0 amide bonds. The van der Waals surface area contributed by atoms with Crippen LogP contribution in [0.25, 0.3) is 0 Å². The second kappa shape index (κ2) is 5.07. The highest BCUT2D eigenvalue weighted by Gasteiger charge is 2.29. The van der Waals surface area contributed by atoms with Gasteiger partial charge in [-0.2, -0.15) is 0 Å². The van der Waals surface area contributed by atoms with Crippen LogP contribution in [0.4, 0.5) is 4.39 Å². The van der Waals surface area contributed by atoms with Gasteiger partial charge in [-0.25, -0.2) is 12.8 Å². The summed E-state index contributed by atoms with van der Waals surface area (Å²) in [5, 5.41) is 0. The quantitative estimate of drug-likeness (QED) is 0.766. The molecule has 14 heavy (non-hydrogen) atoms. The zero-order valence-electron chi connectivity index (χ0n) is 9.09. The molecule has 0 fully saturated rings. The molecule has 0 bridgehead atoms. The van der Waals surface area contributed by atoms with E-state index in [0.29, 0.717) is 0 Å². The van der Waals surface area contributed by atoms with Gasteiger partial charge in [0, 0.05) is 0 Å². The number of nitrogens with two attached hydrogens (primary N) is 1. The molecule has 2 N–H and O–H groups in total. The first-order valence-corrected chi connectivity index (χ1v) is 6.42. The molecule has 0 aliphatic heterocycles. The van der Waals surface area contributed by atoms with E-state index >= 15 is 0 Å². The van der Waals surface area contributed by atoms with Crippen molar-refractivity contribution < 1.29 is 12.8 Å².